The Labute approximate surface area is 144 Å². The minimum Gasteiger partial charge on any atom is -0.261 e. The zero-order chi connectivity index (χ0) is 16.5. The van der Waals surface area contributed by atoms with Gasteiger partial charge in [0.2, 0.25) is 0 Å². The summed E-state index contributed by atoms with van der Waals surface area (Å²) in [7, 11) is 0. The smallest absolute Gasteiger partial charge is 0.0409 e. The molecule has 0 spiro atoms. The molecule has 0 atom stereocenters. The van der Waals surface area contributed by atoms with E-state index in [-0.39, 0.29) is 0 Å². The summed E-state index contributed by atoms with van der Waals surface area (Å²) in [6.45, 7) is 6.82. The van der Waals surface area contributed by atoms with Gasteiger partial charge in [0.1, 0.15) is 0 Å². The molecule has 0 aliphatic heterocycles. The van der Waals surface area contributed by atoms with Crippen molar-refractivity contribution in [1.82, 2.24) is 4.98 Å². The molecule has 1 heterocycles. The van der Waals surface area contributed by atoms with E-state index in [0.717, 1.165) is 12.3 Å². The maximum atomic E-state index is 4.64. The van der Waals surface area contributed by atoms with Crippen molar-refractivity contribution in [2.45, 2.75) is 97.8 Å². The highest BCUT2D eigenvalue weighted by molar-refractivity contribution is 5.15. The van der Waals surface area contributed by atoms with Gasteiger partial charge in [-0.2, -0.15) is 0 Å². The first-order valence-corrected chi connectivity index (χ1v) is 9.97. The number of pyridine rings is 1. The molecule has 1 aromatic heterocycles. The standard InChI is InChI=1S/C22H37N/c1-22(2,3)17-21-16-15-20(18-23-21)14-8-5-4-7-11-19-12-9-6-10-13-19/h15-16,18-19H,4-14,17H2,1-3H3. The van der Waals surface area contributed by atoms with E-state index in [0.29, 0.717) is 5.41 Å². The van der Waals surface area contributed by atoms with Gasteiger partial charge in [-0.25, -0.2) is 0 Å². The van der Waals surface area contributed by atoms with Gasteiger partial charge < -0.3 is 0 Å². The Kier molecular flexibility index (Phi) is 7.59. The van der Waals surface area contributed by atoms with Crippen molar-refractivity contribution in [3.63, 3.8) is 0 Å². The second-order valence-corrected chi connectivity index (χ2v) is 8.85. The van der Waals surface area contributed by atoms with Crippen LogP contribution in [0.4, 0.5) is 0 Å². The summed E-state index contributed by atoms with van der Waals surface area (Å²) in [6, 6.07) is 4.51. The monoisotopic (exact) mass is 315 g/mol. The molecule has 1 nitrogen and oxygen atoms in total. The third-order valence-electron chi connectivity index (χ3n) is 5.15. The summed E-state index contributed by atoms with van der Waals surface area (Å²) < 4.78 is 0. The number of aromatic nitrogens is 1. The fraction of sp³-hybridized carbons (Fsp3) is 0.773. The molecule has 1 aromatic rings. The van der Waals surface area contributed by atoms with Crippen LogP contribution < -0.4 is 0 Å². The number of rotatable bonds is 8. The zero-order valence-corrected chi connectivity index (χ0v) is 15.7. The van der Waals surface area contributed by atoms with Crippen LogP contribution in [0.1, 0.15) is 96.2 Å². The van der Waals surface area contributed by atoms with E-state index in [2.05, 4.69) is 44.1 Å². The first-order chi connectivity index (χ1) is 11.0. The van der Waals surface area contributed by atoms with E-state index in [1.807, 2.05) is 0 Å². The third kappa shape index (κ3) is 7.99. The summed E-state index contributed by atoms with van der Waals surface area (Å²) >= 11 is 0. The van der Waals surface area contributed by atoms with Crippen molar-refractivity contribution in [2.24, 2.45) is 11.3 Å². The van der Waals surface area contributed by atoms with Gasteiger partial charge in [0.15, 0.2) is 0 Å². The van der Waals surface area contributed by atoms with E-state index >= 15 is 0 Å². The molecule has 1 fully saturated rings. The largest absolute Gasteiger partial charge is 0.261 e. The molecule has 1 aliphatic carbocycles. The average molecular weight is 316 g/mol. The Bertz CT molecular complexity index is 420. The van der Waals surface area contributed by atoms with Crippen molar-refractivity contribution in [3.05, 3.63) is 29.6 Å². The lowest BCUT2D eigenvalue weighted by atomic mass is 9.85. The molecule has 0 N–H and O–H groups in total. The van der Waals surface area contributed by atoms with Crippen molar-refractivity contribution >= 4 is 0 Å². The minimum absolute atomic E-state index is 0.326. The van der Waals surface area contributed by atoms with Crippen LogP contribution in [-0.2, 0) is 12.8 Å². The van der Waals surface area contributed by atoms with Crippen LogP contribution in [-0.4, -0.2) is 4.98 Å². The Balaban J connectivity index is 1.55. The third-order valence-corrected chi connectivity index (χ3v) is 5.15. The van der Waals surface area contributed by atoms with Crippen LogP contribution in [0.15, 0.2) is 18.3 Å². The summed E-state index contributed by atoms with van der Waals surface area (Å²) in [4.78, 5) is 4.64. The van der Waals surface area contributed by atoms with Gasteiger partial charge in [-0.1, -0.05) is 84.6 Å². The molecule has 0 radical (unpaired) electrons. The average Bonchev–Trinajstić information content (AvgIpc) is 2.52. The molecule has 2 rings (SSSR count). The maximum Gasteiger partial charge on any atom is 0.0409 e. The molecule has 130 valence electrons. The first kappa shape index (κ1) is 18.5. The Morgan fingerprint density at radius 2 is 1.70 bits per heavy atom. The molecule has 1 heteroatoms. The van der Waals surface area contributed by atoms with Gasteiger partial charge in [-0.15, -0.1) is 0 Å². The van der Waals surface area contributed by atoms with Gasteiger partial charge >= 0.3 is 0 Å². The quantitative estimate of drug-likeness (QED) is 0.484. The van der Waals surface area contributed by atoms with E-state index in [1.165, 1.54) is 81.9 Å². The molecular weight excluding hydrogens is 278 g/mol. The van der Waals surface area contributed by atoms with Crippen LogP contribution in [0.3, 0.4) is 0 Å². The summed E-state index contributed by atoms with van der Waals surface area (Å²) in [5, 5.41) is 0. The predicted molar refractivity (Wildman–Crippen MR) is 101 cm³/mol. The number of hydrogen-bond acceptors (Lipinski definition) is 1. The number of unbranched alkanes of at least 4 members (excludes halogenated alkanes) is 3. The normalized spacial score (nSPS) is 16.7. The first-order valence-electron chi connectivity index (χ1n) is 9.97. The summed E-state index contributed by atoms with van der Waals surface area (Å²) in [6.07, 6.45) is 18.9. The summed E-state index contributed by atoms with van der Waals surface area (Å²) in [5.41, 5.74) is 2.97. The zero-order valence-electron chi connectivity index (χ0n) is 15.7. The van der Waals surface area contributed by atoms with Crippen LogP contribution in [0.2, 0.25) is 0 Å². The molecule has 1 saturated carbocycles. The van der Waals surface area contributed by atoms with Gasteiger partial charge in [0.25, 0.3) is 0 Å². The van der Waals surface area contributed by atoms with E-state index in [4.69, 9.17) is 0 Å². The SMILES string of the molecule is CC(C)(C)Cc1ccc(CCCCCCC2CCCCC2)cn1. The molecule has 0 unspecified atom stereocenters. The van der Waals surface area contributed by atoms with E-state index in [9.17, 15) is 0 Å². The highest BCUT2D eigenvalue weighted by atomic mass is 14.7. The second-order valence-electron chi connectivity index (χ2n) is 8.85. The number of hydrogen-bond donors (Lipinski definition) is 0. The van der Waals surface area contributed by atoms with Crippen LogP contribution in [0, 0.1) is 11.3 Å². The number of nitrogens with zero attached hydrogens (tertiary/aromatic N) is 1. The summed E-state index contributed by atoms with van der Waals surface area (Å²) in [5.74, 6) is 1.06. The molecular formula is C22H37N. The second kappa shape index (κ2) is 9.45. The van der Waals surface area contributed by atoms with Crippen LogP contribution >= 0.6 is 0 Å². The fourth-order valence-electron chi connectivity index (χ4n) is 3.84. The van der Waals surface area contributed by atoms with Crippen molar-refractivity contribution < 1.29 is 0 Å². The molecule has 1 aliphatic rings. The van der Waals surface area contributed by atoms with Crippen molar-refractivity contribution in [1.29, 1.82) is 0 Å². The molecule has 23 heavy (non-hydrogen) atoms. The van der Waals surface area contributed by atoms with Crippen LogP contribution in [0.5, 0.6) is 0 Å². The van der Waals surface area contributed by atoms with Crippen molar-refractivity contribution in [3.8, 4) is 0 Å². The predicted octanol–water partition coefficient (Wildman–Crippen LogP) is 6.74. The molecule has 0 aromatic carbocycles. The van der Waals surface area contributed by atoms with Gasteiger partial charge in [0, 0.05) is 11.9 Å². The topological polar surface area (TPSA) is 12.9 Å². The maximum absolute atomic E-state index is 4.64. The highest BCUT2D eigenvalue weighted by Gasteiger charge is 2.13. The van der Waals surface area contributed by atoms with Gasteiger partial charge in [-0.3, -0.25) is 4.98 Å². The Morgan fingerprint density at radius 1 is 0.957 bits per heavy atom. The van der Waals surface area contributed by atoms with E-state index < -0.39 is 0 Å². The number of aryl methyl sites for hydroxylation is 1. The lowest BCUT2D eigenvalue weighted by molar-refractivity contribution is 0.328. The van der Waals surface area contributed by atoms with Gasteiger partial charge in [-0.05, 0) is 42.2 Å². The molecule has 0 saturated heterocycles. The van der Waals surface area contributed by atoms with Crippen LogP contribution in [0.25, 0.3) is 0 Å². The van der Waals surface area contributed by atoms with E-state index in [1.54, 1.807) is 0 Å². The molecule has 0 bridgehead atoms. The Hall–Kier alpha value is -0.850. The lowest BCUT2D eigenvalue weighted by Crippen LogP contribution is -2.10. The highest BCUT2D eigenvalue weighted by Crippen LogP contribution is 2.28. The Morgan fingerprint density at radius 3 is 2.35 bits per heavy atom. The fourth-order valence-corrected chi connectivity index (χ4v) is 3.84. The minimum atomic E-state index is 0.326. The van der Waals surface area contributed by atoms with Gasteiger partial charge in [0.05, 0.1) is 0 Å². The molecule has 0 amide bonds. The van der Waals surface area contributed by atoms with Crippen molar-refractivity contribution in [2.75, 3.05) is 0 Å². The lowest BCUT2D eigenvalue weighted by Gasteiger charge is -2.21.